The van der Waals surface area contributed by atoms with Crippen LogP contribution in [0.1, 0.15) is 48.6 Å². The van der Waals surface area contributed by atoms with Crippen LogP contribution in [0.5, 0.6) is 0 Å². The Morgan fingerprint density at radius 3 is 2.66 bits per heavy atom. The number of hydrogen-bond donors (Lipinski definition) is 0. The van der Waals surface area contributed by atoms with Gasteiger partial charge in [-0.3, -0.25) is 19.1 Å². The number of aryl methyl sites for hydroxylation is 4. The first-order valence-corrected chi connectivity index (χ1v) is 11.7. The molecule has 4 aromatic rings. The highest BCUT2D eigenvalue weighted by Gasteiger charge is 2.28. The summed E-state index contributed by atoms with van der Waals surface area (Å²) in [7, 11) is 1.81. The van der Waals surface area contributed by atoms with Crippen LogP contribution in [0.3, 0.4) is 0 Å². The molecule has 0 saturated heterocycles. The van der Waals surface area contributed by atoms with Gasteiger partial charge in [0, 0.05) is 37.3 Å². The van der Waals surface area contributed by atoms with Crippen LogP contribution in [0.15, 0.2) is 36.7 Å². The molecule has 5 rings (SSSR count). The lowest BCUT2D eigenvalue weighted by Crippen LogP contribution is -2.36. The molecule has 3 aromatic heterocycles. The van der Waals surface area contributed by atoms with Gasteiger partial charge in [0.2, 0.25) is 5.91 Å². The topological polar surface area (TPSA) is 97.6 Å². The number of rotatable bonds is 5. The van der Waals surface area contributed by atoms with Gasteiger partial charge in [0.05, 0.1) is 30.5 Å². The first-order chi connectivity index (χ1) is 16.8. The van der Waals surface area contributed by atoms with Crippen molar-refractivity contribution in [2.45, 2.75) is 53.2 Å². The Kier molecular flexibility index (Phi) is 5.52. The van der Waals surface area contributed by atoms with Gasteiger partial charge >= 0.3 is 0 Å². The predicted molar refractivity (Wildman–Crippen MR) is 132 cm³/mol. The molecule has 0 aliphatic carbocycles. The van der Waals surface area contributed by atoms with E-state index in [1.165, 1.54) is 0 Å². The van der Waals surface area contributed by atoms with Crippen molar-refractivity contribution in [1.82, 2.24) is 29.3 Å². The Labute approximate surface area is 204 Å². The first kappa shape index (κ1) is 22.6. The molecule has 35 heavy (non-hydrogen) atoms. The second-order valence-electron chi connectivity index (χ2n) is 9.38. The monoisotopic (exact) mass is 468 g/mol. The minimum absolute atomic E-state index is 0.0799. The van der Waals surface area contributed by atoms with Crippen molar-refractivity contribution < 1.29 is 4.79 Å². The number of carbonyl (C=O) groups excluding carboxylic acids is 1. The summed E-state index contributed by atoms with van der Waals surface area (Å²) in [5.74, 6) is 0.877. The normalized spacial score (nSPS) is 13.4. The quantitative estimate of drug-likeness (QED) is 0.438. The molecule has 1 aromatic carbocycles. The minimum atomic E-state index is 0.0799. The van der Waals surface area contributed by atoms with Crippen LogP contribution in [0.2, 0.25) is 0 Å². The smallest absolute Gasteiger partial charge is 0.230 e. The third-order valence-corrected chi connectivity index (χ3v) is 6.42. The average molecular weight is 469 g/mol. The van der Waals surface area contributed by atoms with E-state index in [0.717, 1.165) is 39.5 Å². The van der Waals surface area contributed by atoms with Crippen molar-refractivity contribution in [3.63, 3.8) is 0 Å². The predicted octanol–water partition coefficient (Wildman–Crippen LogP) is 4.15. The van der Waals surface area contributed by atoms with E-state index < -0.39 is 0 Å². The number of amides is 1. The summed E-state index contributed by atoms with van der Waals surface area (Å²) in [6, 6.07) is 10.5. The SMILES string of the molecule is Cc1cc(CN2C(=O)CCn3nc(-c4c(C)cnn4C(C)C)cc32)ccc1-c1nn(C)cc1C#N. The Morgan fingerprint density at radius 2 is 1.94 bits per heavy atom. The van der Waals surface area contributed by atoms with E-state index in [0.29, 0.717) is 30.8 Å². The number of anilines is 1. The highest BCUT2D eigenvalue weighted by molar-refractivity contribution is 5.94. The average Bonchev–Trinajstić information content (AvgIpc) is 3.51. The lowest BCUT2D eigenvalue weighted by atomic mass is 10.00. The molecule has 0 saturated carbocycles. The molecular weight excluding hydrogens is 440 g/mol. The maximum atomic E-state index is 13.0. The summed E-state index contributed by atoms with van der Waals surface area (Å²) in [6.07, 6.45) is 3.99. The van der Waals surface area contributed by atoms with Gasteiger partial charge in [-0.25, -0.2) is 4.68 Å². The van der Waals surface area contributed by atoms with Crippen LogP contribution in [0, 0.1) is 25.2 Å². The fourth-order valence-corrected chi connectivity index (χ4v) is 4.74. The largest absolute Gasteiger partial charge is 0.292 e. The number of hydrogen-bond acceptors (Lipinski definition) is 5. The molecule has 0 atom stereocenters. The van der Waals surface area contributed by atoms with Crippen LogP contribution in [0.4, 0.5) is 5.82 Å². The summed E-state index contributed by atoms with van der Waals surface area (Å²) < 4.78 is 5.55. The molecule has 1 amide bonds. The zero-order valence-electron chi connectivity index (χ0n) is 20.6. The van der Waals surface area contributed by atoms with Crippen molar-refractivity contribution in [3.05, 3.63) is 58.9 Å². The van der Waals surface area contributed by atoms with Gasteiger partial charge in [0.15, 0.2) is 0 Å². The molecule has 0 fully saturated rings. The van der Waals surface area contributed by atoms with Gasteiger partial charge in [0.1, 0.15) is 23.3 Å². The van der Waals surface area contributed by atoms with E-state index >= 15 is 0 Å². The summed E-state index contributed by atoms with van der Waals surface area (Å²) in [5, 5.41) is 23.3. The zero-order chi connectivity index (χ0) is 24.9. The molecule has 0 radical (unpaired) electrons. The van der Waals surface area contributed by atoms with Gasteiger partial charge in [-0.05, 0) is 44.4 Å². The summed E-state index contributed by atoms with van der Waals surface area (Å²) >= 11 is 0. The van der Waals surface area contributed by atoms with Crippen LogP contribution in [-0.2, 0) is 24.9 Å². The Bertz CT molecular complexity index is 1480. The molecule has 9 heteroatoms. The Hall–Kier alpha value is -4.19. The van der Waals surface area contributed by atoms with Gasteiger partial charge in [-0.1, -0.05) is 18.2 Å². The lowest BCUT2D eigenvalue weighted by Gasteiger charge is -2.27. The molecule has 0 N–H and O–H groups in total. The Balaban J connectivity index is 1.48. The molecule has 9 nitrogen and oxygen atoms in total. The van der Waals surface area contributed by atoms with Gasteiger partial charge < -0.3 is 0 Å². The maximum Gasteiger partial charge on any atom is 0.230 e. The fraction of sp³-hybridized carbons (Fsp3) is 0.346. The number of nitrogens with zero attached hydrogens (tertiary/aromatic N) is 8. The maximum absolute atomic E-state index is 13.0. The summed E-state index contributed by atoms with van der Waals surface area (Å²) in [4.78, 5) is 14.8. The molecule has 0 spiro atoms. The highest BCUT2D eigenvalue weighted by atomic mass is 16.2. The Morgan fingerprint density at radius 1 is 1.14 bits per heavy atom. The number of carbonyl (C=O) groups is 1. The van der Waals surface area contributed by atoms with Crippen LogP contribution < -0.4 is 4.90 Å². The zero-order valence-corrected chi connectivity index (χ0v) is 20.6. The molecule has 178 valence electrons. The molecule has 0 unspecified atom stereocenters. The van der Waals surface area contributed by atoms with Crippen molar-refractivity contribution in [2.24, 2.45) is 7.05 Å². The van der Waals surface area contributed by atoms with E-state index in [4.69, 9.17) is 5.10 Å². The van der Waals surface area contributed by atoms with Crippen LogP contribution >= 0.6 is 0 Å². The molecule has 1 aliphatic rings. The van der Waals surface area contributed by atoms with Crippen LogP contribution in [-0.4, -0.2) is 35.2 Å². The standard InChI is InChI=1S/C26H28N8O/c1-16(2)34-26(18(4)13-28-34)22-11-23-32(24(35)8-9-33(23)29-22)14-19-6-7-21(17(3)10-19)25-20(12-27)15-31(5)30-25/h6-7,10-11,13,15-16H,8-9,14H2,1-5H3. The summed E-state index contributed by atoms with van der Waals surface area (Å²) in [6.45, 7) is 9.24. The van der Waals surface area contributed by atoms with Crippen molar-refractivity contribution in [2.75, 3.05) is 4.90 Å². The fourth-order valence-electron chi connectivity index (χ4n) is 4.74. The van der Waals surface area contributed by atoms with Gasteiger partial charge in [0.25, 0.3) is 0 Å². The minimum Gasteiger partial charge on any atom is -0.292 e. The van der Waals surface area contributed by atoms with Crippen molar-refractivity contribution in [1.29, 1.82) is 5.26 Å². The third-order valence-electron chi connectivity index (χ3n) is 6.42. The highest BCUT2D eigenvalue weighted by Crippen LogP contribution is 2.33. The number of benzene rings is 1. The number of aromatic nitrogens is 6. The van der Waals surface area contributed by atoms with E-state index in [2.05, 4.69) is 36.2 Å². The second-order valence-corrected chi connectivity index (χ2v) is 9.38. The third kappa shape index (κ3) is 3.91. The first-order valence-electron chi connectivity index (χ1n) is 11.7. The second kappa shape index (κ2) is 8.55. The van der Waals surface area contributed by atoms with E-state index in [1.807, 2.05) is 54.7 Å². The van der Waals surface area contributed by atoms with E-state index in [-0.39, 0.29) is 11.9 Å². The van der Waals surface area contributed by atoms with E-state index in [9.17, 15) is 10.1 Å². The lowest BCUT2D eigenvalue weighted by molar-refractivity contribution is -0.119. The molecule has 4 heterocycles. The number of fused-ring (bicyclic) bond motifs is 1. The molecule has 1 aliphatic heterocycles. The van der Waals surface area contributed by atoms with Crippen molar-refractivity contribution in [3.8, 4) is 28.7 Å². The molecule has 0 bridgehead atoms. The van der Waals surface area contributed by atoms with Crippen molar-refractivity contribution >= 4 is 11.7 Å². The van der Waals surface area contributed by atoms with Gasteiger partial charge in [-0.15, -0.1) is 0 Å². The number of nitriles is 1. The van der Waals surface area contributed by atoms with Gasteiger partial charge in [-0.2, -0.15) is 20.6 Å². The van der Waals surface area contributed by atoms with Crippen LogP contribution in [0.25, 0.3) is 22.6 Å². The molecular formula is C26H28N8O. The van der Waals surface area contributed by atoms with E-state index in [1.54, 1.807) is 15.8 Å². The summed E-state index contributed by atoms with van der Waals surface area (Å²) in [5.41, 5.74) is 7.02.